The zero-order valence-electron chi connectivity index (χ0n) is 9.52. The predicted molar refractivity (Wildman–Crippen MR) is 63.7 cm³/mol. The maximum absolute atomic E-state index is 5.76. The Kier molecular flexibility index (Phi) is 3.39. The Morgan fingerprint density at radius 2 is 1.71 bits per heavy atom. The van der Waals surface area contributed by atoms with Gasteiger partial charge in [-0.15, -0.1) is 0 Å². The molecule has 0 fully saturated rings. The molecule has 78 valence electrons. The number of anilines is 2. The molecule has 0 aliphatic rings. The number of aryl methyl sites for hydroxylation is 2. The maximum Gasteiger partial charge on any atom is 0.0401 e. The molecule has 1 rings (SSSR count). The standard InChI is InChI=1S/C12H20N2/c1-8(2)7-14-12-9(3)5-11(13)6-10(12)4/h5-6,8,14H,7,13H2,1-4H3. The van der Waals surface area contributed by atoms with Crippen LogP contribution < -0.4 is 11.1 Å². The fourth-order valence-corrected chi connectivity index (χ4v) is 1.58. The molecule has 1 aromatic rings. The van der Waals surface area contributed by atoms with E-state index in [1.165, 1.54) is 16.8 Å². The number of nitrogens with one attached hydrogen (secondary N) is 1. The molecule has 2 heteroatoms. The van der Waals surface area contributed by atoms with E-state index in [1.54, 1.807) is 0 Å². The third kappa shape index (κ3) is 2.66. The van der Waals surface area contributed by atoms with Crippen molar-refractivity contribution in [1.82, 2.24) is 0 Å². The van der Waals surface area contributed by atoms with Gasteiger partial charge in [0.25, 0.3) is 0 Å². The van der Waals surface area contributed by atoms with Gasteiger partial charge in [0, 0.05) is 17.9 Å². The molecular weight excluding hydrogens is 172 g/mol. The summed E-state index contributed by atoms with van der Waals surface area (Å²) in [6.45, 7) is 9.59. The zero-order chi connectivity index (χ0) is 10.7. The molecule has 0 radical (unpaired) electrons. The molecule has 0 amide bonds. The summed E-state index contributed by atoms with van der Waals surface area (Å²) in [5.41, 5.74) is 10.3. The van der Waals surface area contributed by atoms with Crippen LogP contribution in [0.4, 0.5) is 11.4 Å². The van der Waals surface area contributed by atoms with Gasteiger partial charge in [-0.2, -0.15) is 0 Å². The molecule has 1 aromatic carbocycles. The van der Waals surface area contributed by atoms with Gasteiger partial charge in [0.1, 0.15) is 0 Å². The van der Waals surface area contributed by atoms with Gasteiger partial charge in [-0.3, -0.25) is 0 Å². The molecule has 0 saturated carbocycles. The van der Waals surface area contributed by atoms with E-state index in [9.17, 15) is 0 Å². The van der Waals surface area contributed by atoms with E-state index in [4.69, 9.17) is 5.73 Å². The Labute approximate surface area is 86.5 Å². The Morgan fingerprint density at radius 3 is 2.14 bits per heavy atom. The van der Waals surface area contributed by atoms with Crippen LogP contribution in [0.3, 0.4) is 0 Å². The van der Waals surface area contributed by atoms with Crippen molar-refractivity contribution in [1.29, 1.82) is 0 Å². The molecule has 0 spiro atoms. The molecule has 0 aromatic heterocycles. The largest absolute Gasteiger partial charge is 0.399 e. The lowest BCUT2D eigenvalue weighted by Gasteiger charge is -2.15. The molecule has 14 heavy (non-hydrogen) atoms. The smallest absolute Gasteiger partial charge is 0.0401 e. The van der Waals surface area contributed by atoms with Crippen molar-refractivity contribution >= 4 is 11.4 Å². The fourth-order valence-electron chi connectivity index (χ4n) is 1.58. The van der Waals surface area contributed by atoms with Crippen molar-refractivity contribution in [3.05, 3.63) is 23.3 Å². The number of benzene rings is 1. The van der Waals surface area contributed by atoms with Crippen LogP contribution in [0.2, 0.25) is 0 Å². The van der Waals surface area contributed by atoms with Gasteiger partial charge in [-0.25, -0.2) is 0 Å². The van der Waals surface area contributed by atoms with Crippen molar-refractivity contribution < 1.29 is 0 Å². The number of hydrogen-bond donors (Lipinski definition) is 2. The Balaban J connectivity index is 2.86. The van der Waals surface area contributed by atoms with Gasteiger partial charge < -0.3 is 11.1 Å². The highest BCUT2D eigenvalue weighted by molar-refractivity contribution is 5.62. The first-order valence-corrected chi connectivity index (χ1v) is 5.11. The molecule has 0 unspecified atom stereocenters. The lowest BCUT2D eigenvalue weighted by atomic mass is 10.1. The summed E-state index contributed by atoms with van der Waals surface area (Å²) >= 11 is 0. The van der Waals surface area contributed by atoms with Crippen molar-refractivity contribution in [2.45, 2.75) is 27.7 Å². The zero-order valence-corrected chi connectivity index (χ0v) is 9.52. The summed E-state index contributed by atoms with van der Waals surface area (Å²) in [4.78, 5) is 0. The lowest BCUT2D eigenvalue weighted by Crippen LogP contribution is -2.10. The van der Waals surface area contributed by atoms with Gasteiger partial charge in [0.15, 0.2) is 0 Å². The van der Waals surface area contributed by atoms with Crippen LogP contribution in [0.1, 0.15) is 25.0 Å². The van der Waals surface area contributed by atoms with E-state index >= 15 is 0 Å². The summed E-state index contributed by atoms with van der Waals surface area (Å²) in [6.07, 6.45) is 0. The predicted octanol–water partition coefficient (Wildman–Crippen LogP) is 2.95. The SMILES string of the molecule is Cc1cc(N)cc(C)c1NCC(C)C. The number of hydrogen-bond acceptors (Lipinski definition) is 2. The van der Waals surface area contributed by atoms with E-state index in [2.05, 4.69) is 33.0 Å². The first-order valence-electron chi connectivity index (χ1n) is 5.11. The van der Waals surface area contributed by atoms with Crippen LogP contribution in [-0.2, 0) is 0 Å². The average molecular weight is 192 g/mol. The topological polar surface area (TPSA) is 38.0 Å². The monoisotopic (exact) mass is 192 g/mol. The molecule has 0 aliphatic heterocycles. The molecule has 0 saturated heterocycles. The maximum atomic E-state index is 5.76. The number of nitrogen functional groups attached to an aromatic ring is 1. The van der Waals surface area contributed by atoms with E-state index in [1.807, 2.05) is 12.1 Å². The molecule has 0 heterocycles. The van der Waals surface area contributed by atoms with Gasteiger partial charge >= 0.3 is 0 Å². The van der Waals surface area contributed by atoms with E-state index < -0.39 is 0 Å². The molecule has 2 nitrogen and oxygen atoms in total. The average Bonchev–Trinajstić information content (AvgIpc) is 2.01. The third-order valence-electron chi connectivity index (χ3n) is 2.24. The van der Waals surface area contributed by atoms with Crippen molar-refractivity contribution in [3.8, 4) is 0 Å². The summed E-state index contributed by atoms with van der Waals surface area (Å²) < 4.78 is 0. The van der Waals surface area contributed by atoms with Crippen LogP contribution in [0.5, 0.6) is 0 Å². The fraction of sp³-hybridized carbons (Fsp3) is 0.500. The van der Waals surface area contributed by atoms with E-state index in [0.29, 0.717) is 5.92 Å². The highest BCUT2D eigenvalue weighted by Gasteiger charge is 2.03. The minimum Gasteiger partial charge on any atom is -0.399 e. The summed E-state index contributed by atoms with van der Waals surface area (Å²) in [5, 5.41) is 3.45. The van der Waals surface area contributed by atoms with Gasteiger partial charge in [-0.1, -0.05) is 13.8 Å². The van der Waals surface area contributed by atoms with Crippen LogP contribution >= 0.6 is 0 Å². The van der Waals surface area contributed by atoms with Gasteiger partial charge in [0.2, 0.25) is 0 Å². The number of rotatable bonds is 3. The van der Waals surface area contributed by atoms with Crippen LogP contribution in [-0.4, -0.2) is 6.54 Å². The first kappa shape index (κ1) is 10.9. The first-order chi connectivity index (χ1) is 6.50. The van der Waals surface area contributed by atoms with Crippen LogP contribution in [0, 0.1) is 19.8 Å². The number of nitrogens with two attached hydrogens (primary N) is 1. The summed E-state index contributed by atoms with van der Waals surface area (Å²) in [5.74, 6) is 0.659. The molecule has 0 atom stereocenters. The van der Waals surface area contributed by atoms with Gasteiger partial charge in [0.05, 0.1) is 0 Å². The van der Waals surface area contributed by atoms with Gasteiger partial charge in [-0.05, 0) is 43.0 Å². The second kappa shape index (κ2) is 4.36. The van der Waals surface area contributed by atoms with E-state index in [-0.39, 0.29) is 0 Å². The van der Waals surface area contributed by atoms with Crippen LogP contribution in [0.25, 0.3) is 0 Å². The van der Waals surface area contributed by atoms with E-state index in [0.717, 1.165) is 12.2 Å². The normalized spacial score (nSPS) is 10.6. The minimum absolute atomic E-state index is 0.659. The Hall–Kier alpha value is -1.18. The lowest BCUT2D eigenvalue weighted by molar-refractivity contribution is 0.688. The third-order valence-corrected chi connectivity index (χ3v) is 2.24. The Bertz CT molecular complexity index is 293. The quantitative estimate of drug-likeness (QED) is 0.723. The van der Waals surface area contributed by atoms with Crippen molar-refractivity contribution in [2.75, 3.05) is 17.6 Å². The molecule has 3 N–H and O–H groups in total. The summed E-state index contributed by atoms with van der Waals surface area (Å²) in [7, 11) is 0. The molecular formula is C12H20N2. The molecule has 0 aliphatic carbocycles. The van der Waals surface area contributed by atoms with Crippen molar-refractivity contribution in [2.24, 2.45) is 5.92 Å². The Morgan fingerprint density at radius 1 is 1.21 bits per heavy atom. The summed E-state index contributed by atoms with van der Waals surface area (Å²) in [6, 6.07) is 4.02. The van der Waals surface area contributed by atoms with Crippen molar-refractivity contribution in [3.63, 3.8) is 0 Å². The second-order valence-electron chi connectivity index (χ2n) is 4.30. The van der Waals surface area contributed by atoms with Crippen LogP contribution in [0.15, 0.2) is 12.1 Å². The highest BCUT2D eigenvalue weighted by Crippen LogP contribution is 2.23. The minimum atomic E-state index is 0.659. The second-order valence-corrected chi connectivity index (χ2v) is 4.30. The highest BCUT2D eigenvalue weighted by atomic mass is 14.9. The molecule has 0 bridgehead atoms.